The maximum absolute atomic E-state index is 6.48. The van der Waals surface area contributed by atoms with E-state index in [4.69, 9.17) is 16.3 Å². The lowest BCUT2D eigenvalue weighted by atomic mass is 10.00. The SMILES string of the molecule is CN1CCC(OC(c2ccccc2)c2ccc(Cl)cc2)CC1. The molecule has 2 nitrogen and oxygen atoms in total. The van der Waals surface area contributed by atoms with E-state index in [0.717, 1.165) is 36.5 Å². The molecule has 1 unspecified atom stereocenters. The summed E-state index contributed by atoms with van der Waals surface area (Å²) in [5.41, 5.74) is 2.36. The Morgan fingerprint density at radius 2 is 1.55 bits per heavy atom. The maximum atomic E-state index is 6.48. The second-order valence-electron chi connectivity index (χ2n) is 5.98. The van der Waals surface area contributed by atoms with Crippen molar-refractivity contribution in [3.05, 3.63) is 70.7 Å². The first-order chi connectivity index (χ1) is 10.7. The summed E-state index contributed by atoms with van der Waals surface area (Å²) in [5.74, 6) is 0. The molecule has 1 atom stereocenters. The fourth-order valence-electron chi connectivity index (χ4n) is 2.93. The van der Waals surface area contributed by atoms with Gasteiger partial charge in [-0.3, -0.25) is 0 Å². The van der Waals surface area contributed by atoms with Crippen LogP contribution in [0.15, 0.2) is 54.6 Å². The Bertz CT molecular complexity index is 576. The van der Waals surface area contributed by atoms with Crippen LogP contribution in [0.1, 0.15) is 30.1 Å². The van der Waals surface area contributed by atoms with Crippen LogP contribution in [-0.2, 0) is 4.74 Å². The number of benzene rings is 2. The van der Waals surface area contributed by atoms with Crippen LogP contribution < -0.4 is 0 Å². The zero-order valence-electron chi connectivity index (χ0n) is 12.9. The van der Waals surface area contributed by atoms with Crippen LogP contribution in [0.3, 0.4) is 0 Å². The monoisotopic (exact) mass is 315 g/mol. The van der Waals surface area contributed by atoms with E-state index in [1.165, 1.54) is 5.56 Å². The van der Waals surface area contributed by atoms with E-state index in [2.05, 4.69) is 48.3 Å². The third-order valence-electron chi connectivity index (χ3n) is 4.27. The molecule has 2 aromatic rings. The molecule has 1 heterocycles. The predicted octanol–water partition coefficient (Wildman–Crippen LogP) is 4.54. The molecule has 1 aliphatic rings. The lowest BCUT2D eigenvalue weighted by Gasteiger charge is -2.32. The highest BCUT2D eigenvalue weighted by Gasteiger charge is 2.23. The average Bonchev–Trinajstić information content (AvgIpc) is 2.56. The predicted molar refractivity (Wildman–Crippen MR) is 91.3 cm³/mol. The van der Waals surface area contributed by atoms with Gasteiger partial charge in [0.25, 0.3) is 0 Å². The van der Waals surface area contributed by atoms with Gasteiger partial charge in [0.15, 0.2) is 0 Å². The maximum Gasteiger partial charge on any atom is 0.108 e. The highest BCUT2D eigenvalue weighted by Crippen LogP contribution is 2.30. The number of likely N-dealkylation sites (tertiary alicyclic amines) is 1. The number of piperidine rings is 1. The number of halogens is 1. The third-order valence-corrected chi connectivity index (χ3v) is 4.52. The third kappa shape index (κ3) is 3.89. The Kier molecular flexibility index (Phi) is 5.14. The van der Waals surface area contributed by atoms with Crippen molar-refractivity contribution in [3.63, 3.8) is 0 Å². The first-order valence-electron chi connectivity index (χ1n) is 7.87. The summed E-state index contributed by atoms with van der Waals surface area (Å²) in [6, 6.07) is 18.4. The van der Waals surface area contributed by atoms with Gasteiger partial charge in [-0.15, -0.1) is 0 Å². The summed E-state index contributed by atoms with van der Waals surface area (Å²) >= 11 is 6.02. The highest BCUT2D eigenvalue weighted by atomic mass is 35.5. The Hall–Kier alpha value is -1.35. The molecule has 0 aromatic heterocycles. The quantitative estimate of drug-likeness (QED) is 0.821. The lowest BCUT2D eigenvalue weighted by molar-refractivity contribution is -0.0234. The topological polar surface area (TPSA) is 12.5 Å². The average molecular weight is 316 g/mol. The zero-order chi connectivity index (χ0) is 15.4. The van der Waals surface area contributed by atoms with Gasteiger partial charge in [0.2, 0.25) is 0 Å². The first kappa shape index (κ1) is 15.5. The molecule has 0 bridgehead atoms. The normalized spacial score (nSPS) is 18.3. The molecule has 0 aliphatic carbocycles. The molecule has 1 fully saturated rings. The molecule has 1 saturated heterocycles. The molecular formula is C19H22ClNO. The molecule has 2 aromatic carbocycles. The van der Waals surface area contributed by atoms with E-state index in [9.17, 15) is 0 Å². The van der Waals surface area contributed by atoms with Crippen molar-refractivity contribution >= 4 is 11.6 Å². The van der Waals surface area contributed by atoms with E-state index in [1.54, 1.807) is 0 Å². The minimum absolute atomic E-state index is 0.0214. The van der Waals surface area contributed by atoms with Crippen LogP contribution in [0, 0.1) is 0 Å². The number of hydrogen-bond donors (Lipinski definition) is 0. The van der Waals surface area contributed by atoms with Gasteiger partial charge in [-0.1, -0.05) is 54.1 Å². The van der Waals surface area contributed by atoms with E-state index in [-0.39, 0.29) is 6.10 Å². The van der Waals surface area contributed by atoms with Crippen LogP contribution in [0.25, 0.3) is 0 Å². The van der Waals surface area contributed by atoms with Crippen molar-refractivity contribution in [1.29, 1.82) is 0 Å². The summed E-state index contributed by atoms with van der Waals surface area (Å²) in [5, 5.41) is 0.759. The van der Waals surface area contributed by atoms with Gasteiger partial charge in [0.05, 0.1) is 6.10 Å². The molecule has 22 heavy (non-hydrogen) atoms. The van der Waals surface area contributed by atoms with Gasteiger partial charge in [-0.25, -0.2) is 0 Å². The standard InChI is InChI=1S/C19H22ClNO/c1-21-13-11-18(12-14-21)22-19(15-5-3-2-4-6-15)16-7-9-17(20)10-8-16/h2-10,18-19H,11-14H2,1H3. The molecule has 0 saturated carbocycles. The molecule has 1 aliphatic heterocycles. The van der Waals surface area contributed by atoms with E-state index < -0.39 is 0 Å². The lowest BCUT2D eigenvalue weighted by Crippen LogP contribution is -2.35. The number of rotatable bonds is 4. The summed E-state index contributed by atoms with van der Waals surface area (Å²) in [4.78, 5) is 2.36. The smallest absolute Gasteiger partial charge is 0.108 e. The van der Waals surface area contributed by atoms with Crippen LogP contribution >= 0.6 is 11.6 Å². The number of ether oxygens (including phenoxy) is 1. The van der Waals surface area contributed by atoms with Crippen LogP contribution in [0.4, 0.5) is 0 Å². The van der Waals surface area contributed by atoms with E-state index in [0.29, 0.717) is 6.10 Å². The van der Waals surface area contributed by atoms with Gasteiger partial charge < -0.3 is 9.64 Å². The minimum Gasteiger partial charge on any atom is -0.365 e. The Morgan fingerprint density at radius 3 is 2.18 bits per heavy atom. The summed E-state index contributed by atoms with van der Waals surface area (Å²) in [6.45, 7) is 2.21. The van der Waals surface area contributed by atoms with Crippen molar-refractivity contribution in [2.75, 3.05) is 20.1 Å². The molecule has 3 rings (SSSR count). The van der Waals surface area contributed by atoms with Crippen LogP contribution in [-0.4, -0.2) is 31.1 Å². The highest BCUT2D eigenvalue weighted by molar-refractivity contribution is 6.30. The Morgan fingerprint density at radius 1 is 0.955 bits per heavy atom. The van der Waals surface area contributed by atoms with Crippen molar-refractivity contribution in [1.82, 2.24) is 4.90 Å². The molecule has 0 spiro atoms. The first-order valence-corrected chi connectivity index (χ1v) is 8.24. The molecule has 0 radical (unpaired) electrons. The summed E-state index contributed by atoms with van der Waals surface area (Å²) < 4.78 is 6.48. The summed E-state index contributed by atoms with van der Waals surface area (Å²) in [6.07, 6.45) is 2.48. The summed E-state index contributed by atoms with van der Waals surface area (Å²) in [7, 11) is 2.17. The second kappa shape index (κ2) is 7.28. The van der Waals surface area contributed by atoms with Crippen LogP contribution in [0.5, 0.6) is 0 Å². The Labute approximate surface area is 137 Å². The molecular weight excluding hydrogens is 294 g/mol. The zero-order valence-corrected chi connectivity index (χ0v) is 13.7. The molecule has 0 N–H and O–H groups in total. The minimum atomic E-state index is -0.0214. The van der Waals surface area contributed by atoms with Gasteiger partial charge in [-0.05, 0) is 43.1 Å². The second-order valence-corrected chi connectivity index (χ2v) is 6.42. The van der Waals surface area contributed by atoms with Gasteiger partial charge in [-0.2, -0.15) is 0 Å². The molecule has 116 valence electrons. The van der Waals surface area contributed by atoms with E-state index >= 15 is 0 Å². The van der Waals surface area contributed by atoms with Crippen molar-refractivity contribution in [2.45, 2.75) is 25.0 Å². The van der Waals surface area contributed by atoms with Gasteiger partial charge >= 0.3 is 0 Å². The van der Waals surface area contributed by atoms with Gasteiger partial charge in [0.1, 0.15) is 6.10 Å². The van der Waals surface area contributed by atoms with Gasteiger partial charge in [0, 0.05) is 18.1 Å². The van der Waals surface area contributed by atoms with E-state index in [1.807, 2.05) is 18.2 Å². The van der Waals surface area contributed by atoms with Crippen molar-refractivity contribution < 1.29 is 4.74 Å². The fraction of sp³-hybridized carbons (Fsp3) is 0.368. The largest absolute Gasteiger partial charge is 0.365 e. The number of nitrogens with zero attached hydrogens (tertiary/aromatic N) is 1. The molecule has 0 amide bonds. The Balaban J connectivity index is 1.82. The van der Waals surface area contributed by atoms with Crippen molar-refractivity contribution in [2.24, 2.45) is 0 Å². The molecule has 3 heteroatoms. The number of hydrogen-bond acceptors (Lipinski definition) is 2. The fourth-order valence-corrected chi connectivity index (χ4v) is 3.05. The van der Waals surface area contributed by atoms with Crippen LogP contribution in [0.2, 0.25) is 5.02 Å². The van der Waals surface area contributed by atoms with Crippen molar-refractivity contribution in [3.8, 4) is 0 Å².